The minimum Gasteiger partial charge on any atom is -0.461 e. The van der Waals surface area contributed by atoms with Crippen LogP contribution in [0.25, 0.3) is 11.6 Å². The van der Waals surface area contributed by atoms with Crippen LogP contribution in [-0.2, 0) is 12.8 Å². The van der Waals surface area contributed by atoms with Crippen LogP contribution < -0.4 is 11.1 Å². The molecule has 0 aliphatic heterocycles. The first-order valence-electron chi connectivity index (χ1n) is 7.70. The fraction of sp³-hybridized carbons (Fsp3) is 0.250. The van der Waals surface area contributed by atoms with Crippen molar-refractivity contribution >= 4 is 29.9 Å². The second-order valence-electron chi connectivity index (χ2n) is 5.10. The highest BCUT2D eigenvalue weighted by atomic mass is 127. The average Bonchev–Trinajstić information content (AvgIpc) is 3.27. The van der Waals surface area contributed by atoms with Crippen LogP contribution in [0.3, 0.4) is 0 Å². The SMILES string of the molecule is I.NC(=NCCc1nc(-c2ccco2)n[nH]1)NCCc1ccccn1. The number of hydrogen-bond acceptors (Lipinski definition) is 5. The molecule has 0 atom stereocenters. The summed E-state index contributed by atoms with van der Waals surface area (Å²) in [6.45, 7) is 1.21. The summed E-state index contributed by atoms with van der Waals surface area (Å²) in [5.74, 6) is 2.33. The molecule has 3 rings (SSSR count). The van der Waals surface area contributed by atoms with Gasteiger partial charge in [0, 0.05) is 37.8 Å². The number of nitrogens with zero attached hydrogens (tertiary/aromatic N) is 4. The lowest BCUT2D eigenvalue weighted by Gasteiger charge is -2.04. The molecular weight excluding hydrogens is 433 g/mol. The third kappa shape index (κ3) is 5.85. The molecule has 0 amide bonds. The number of halogens is 1. The van der Waals surface area contributed by atoms with Crippen molar-refractivity contribution in [3.8, 4) is 11.6 Å². The molecule has 0 saturated carbocycles. The maximum atomic E-state index is 5.84. The minimum atomic E-state index is 0. The first-order valence-corrected chi connectivity index (χ1v) is 7.70. The van der Waals surface area contributed by atoms with Gasteiger partial charge in [-0.25, -0.2) is 4.98 Å². The number of aliphatic imine (C=N–C) groups is 1. The van der Waals surface area contributed by atoms with Gasteiger partial charge in [-0.3, -0.25) is 15.1 Å². The molecule has 3 aromatic heterocycles. The summed E-state index contributed by atoms with van der Waals surface area (Å²) in [7, 11) is 0. The number of hydrogen-bond donors (Lipinski definition) is 3. The molecule has 25 heavy (non-hydrogen) atoms. The van der Waals surface area contributed by atoms with Crippen molar-refractivity contribution in [1.82, 2.24) is 25.5 Å². The Morgan fingerprint density at radius 3 is 2.92 bits per heavy atom. The van der Waals surface area contributed by atoms with E-state index in [1.807, 2.05) is 24.3 Å². The van der Waals surface area contributed by atoms with Crippen LogP contribution in [0.15, 0.2) is 52.2 Å². The Labute approximate surface area is 162 Å². The number of pyridine rings is 1. The van der Waals surface area contributed by atoms with E-state index in [1.54, 1.807) is 18.5 Å². The molecule has 0 aliphatic carbocycles. The molecule has 0 radical (unpaired) electrons. The van der Waals surface area contributed by atoms with Crippen LogP contribution in [-0.4, -0.2) is 39.2 Å². The number of furan rings is 1. The fourth-order valence-corrected chi connectivity index (χ4v) is 2.13. The summed E-state index contributed by atoms with van der Waals surface area (Å²) in [6.07, 6.45) is 4.79. The molecule has 0 unspecified atom stereocenters. The third-order valence-corrected chi connectivity index (χ3v) is 3.32. The lowest BCUT2D eigenvalue weighted by molar-refractivity contribution is 0.577. The van der Waals surface area contributed by atoms with Crippen LogP contribution in [0.1, 0.15) is 11.5 Å². The summed E-state index contributed by atoms with van der Waals surface area (Å²) < 4.78 is 5.25. The molecule has 0 aliphatic rings. The molecule has 9 heteroatoms. The molecular formula is C16H20IN7O. The monoisotopic (exact) mass is 453 g/mol. The maximum Gasteiger partial charge on any atom is 0.216 e. The van der Waals surface area contributed by atoms with Gasteiger partial charge in [0.05, 0.1) is 6.26 Å². The van der Waals surface area contributed by atoms with Crippen LogP contribution in [0.4, 0.5) is 0 Å². The maximum absolute atomic E-state index is 5.84. The van der Waals surface area contributed by atoms with Crippen molar-refractivity contribution in [3.05, 3.63) is 54.3 Å². The molecule has 0 bridgehead atoms. The number of guanidine groups is 1. The molecule has 3 heterocycles. The fourth-order valence-electron chi connectivity index (χ4n) is 2.13. The van der Waals surface area contributed by atoms with Gasteiger partial charge in [-0.2, -0.15) is 5.10 Å². The summed E-state index contributed by atoms with van der Waals surface area (Å²) >= 11 is 0. The van der Waals surface area contributed by atoms with Gasteiger partial charge in [0.2, 0.25) is 5.82 Å². The Bertz CT molecular complexity index is 771. The molecule has 0 fully saturated rings. The van der Waals surface area contributed by atoms with Crippen molar-refractivity contribution in [1.29, 1.82) is 0 Å². The van der Waals surface area contributed by atoms with E-state index in [-0.39, 0.29) is 24.0 Å². The predicted molar refractivity (Wildman–Crippen MR) is 106 cm³/mol. The van der Waals surface area contributed by atoms with Crippen LogP contribution >= 0.6 is 24.0 Å². The van der Waals surface area contributed by atoms with Gasteiger partial charge in [0.1, 0.15) is 5.82 Å². The molecule has 4 N–H and O–H groups in total. The molecule has 132 valence electrons. The molecule has 8 nitrogen and oxygen atoms in total. The van der Waals surface area contributed by atoms with Gasteiger partial charge in [-0.15, -0.1) is 24.0 Å². The first-order chi connectivity index (χ1) is 11.8. The number of rotatable bonds is 7. The van der Waals surface area contributed by atoms with Gasteiger partial charge >= 0.3 is 0 Å². The number of nitrogens with two attached hydrogens (primary N) is 1. The van der Waals surface area contributed by atoms with Crippen molar-refractivity contribution in [2.45, 2.75) is 12.8 Å². The summed E-state index contributed by atoms with van der Waals surface area (Å²) in [5.41, 5.74) is 6.86. The van der Waals surface area contributed by atoms with Crippen molar-refractivity contribution < 1.29 is 4.42 Å². The van der Waals surface area contributed by atoms with Crippen LogP contribution in [0.2, 0.25) is 0 Å². The zero-order chi connectivity index (χ0) is 16.6. The van der Waals surface area contributed by atoms with E-state index in [1.165, 1.54) is 0 Å². The molecule has 0 spiro atoms. The molecule has 3 aromatic rings. The third-order valence-electron chi connectivity index (χ3n) is 3.32. The van der Waals surface area contributed by atoms with E-state index in [9.17, 15) is 0 Å². The Morgan fingerprint density at radius 2 is 2.16 bits per heavy atom. The topological polar surface area (TPSA) is 118 Å². The van der Waals surface area contributed by atoms with Crippen LogP contribution in [0.5, 0.6) is 0 Å². The smallest absolute Gasteiger partial charge is 0.216 e. The van der Waals surface area contributed by atoms with Crippen LogP contribution in [0, 0.1) is 0 Å². The quantitative estimate of drug-likeness (QED) is 0.285. The zero-order valence-corrected chi connectivity index (χ0v) is 15.9. The van der Waals surface area contributed by atoms with Gasteiger partial charge in [-0.05, 0) is 24.3 Å². The Hall–Kier alpha value is -2.43. The highest BCUT2D eigenvalue weighted by Crippen LogP contribution is 2.14. The van der Waals surface area contributed by atoms with E-state index in [0.29, 0.717) is 37.1 Å². The summed E-state index contributed by atoms with van der Waals surface area (Å²) in [4.78, 5) is 12.9. The van der Waals surface area contributed by atoms with E-state index < -0.39 is 0 Å². The van der Waals surface area contributed by atoms with Gasteiger partial charge in [-0.1, -0.05) is 6.07 Å². The normalized spacial score (nSPS) is 11.1. The minimum absolute atomic E-state index is 0. The lowest BCUT2D eigenvalue weighted by atomic mass is 10.3. The Kier molecular flexibility index (Phi) is 7.38. The summed E-state index contributed by atoms with van der Waals surface area (Å²) in [5, 5.41) is 10.1. The number of aromatic amines is 1. The number of H-pyrrole nitrogens is 1. The second-order valence-corrected chi connectivity index (χ2v) is 5.10. The highest BCUT2D eigenvalue weighted by molar-refractivity contribution is 14.0. The van der Waals surface area contributed by atoms with Crippen molar-refractivity contribution in [2.75, 3.05) is 13.1 Å². The van der Waals surface area contributed by atoms with Gasteiger partial charge < -0.3 is 15.5 Å². The van der Waals surface area contributed by atoms with E-state index in [0.717, 1.165) is 17.9 Å². The van der Waals surface area contributed by atoms with E-state index in [2.05, 4.69) is 30.5 Å². The van der Waals surface area contributed by atoms with Gasteiger partial charge in [0.25, 0.3) is 0 Å². The molecule has 0 saturated heterocycles. The largest absolute Gasteiger partial charge is 0.461 e. The standard InChI is InChI=1S/C16H19N7O.HI/c17-16(19-9-6-12-4-1-2-8-18-12)20-10-7-14-21-15(23-22-14)13-5-3-11-24-13;/h1-5,8,11H,6-7,9-10H2,(H3,17,19,20)(H,21,22,23);1H. The number of nitrogens with one attached hydrogen (secondary N) is 2. The zero-order valence-electron chi connectivity index (χ0n) is 13.6. The Balaban J connectivity index is 0.00000225. The second kappa shape index (κ2) is 9.77. The highest BCUT2D eigenvalue weighted by Gasteiger charge is 2.07. The van der Waals surface area contributed by atoms with Crippen molar-refractivity contribution in [2.24, 2.45) is 10.7 Å². The Morgan fingerprint density at radius 1 is 1.24 bits per heavy atom. The molecule has 0 aromatic carbocycles. The van der Waals surface area contributed by atoms with Gasteiger partial charge in [0.15, 0.2) is 11.7 Å². The lowest BCUT2D eigenvalue weighted by Crippen LogP contribution is -2.33. The number of aromatic nitrogens is 4. The first kappa shape index (κ1) is 18.9. The summed E-state index contributed by atoms with van der Waals surface area (Å²) in [6, 6.07) is 9.46. The van der Waals surface area contributed by atoms with E-state index in [4.69, 9.17) is 10.2 Å². The predicted octanol–water partition coefficient (Wildman–Crippen LogP) is 1.77. The van der Waals surface area contributed by atoms with Crippen molar-refractivity contribution in [3.63, 3.8) is 0 Å². The average molecular weight is 453 g/mol. The van der Waals surface area contributed by atoms with E-state index >= 15 is 0 Å².